The second-order valence-electron chi connectivity index (χ2n) is 9.37. The second-order valence-corrected chi connectivity index (χ2v) is 9.37. The predicted molar refractivity (Wildman–Crippen MR) is 133 cm³/mol. The number of carbonyl (C=O) groups excluding carboxylic acids is 2. The van der Waals surface area contributed by atoms with Crippen LogP contribution in [0.3, 0.4) is 0 Å². The van der Waals surface area contributed by atoms with Crippen LogP contribution in [0.5, 0.6) is 0 Å². The van der Waals surface area contributed by atoms with Crippen molar-refractivity contribution in [2.45, 2.75) is 56.5 Å². The highest BCUT2D eigenvalue weighted by atomic mass is 16.5. The minimum atomic E-state index is -1.04. The van der Waals surface area contributed by atoms with E-state index in [1.54, 1.807) is 6.08 Å². The minimum absolute atomic E-state index is 0.0106. The standard InChI is InChI=1S/C28H32N2O5/c1-2-3-12-25(27(32)33)30-26(31)16-18-13-14-19(15-18)29-28(34)35-17-24-22-10-6-4-8-20(22)21-9-5-7-11-23(21)24/h2,4-11,18-19,24-25H,1,3,12-17H2,(H,29,34)(H,30,31)(H,32,33)/t18-,19+,25?/m0/s1. The molecular weight excluding hydrogens is 444 g/mol. The van der Waals surface area contributed by atoms with E-state index in [2.05, 4.69) is 41.5 Å². The van der Waals surface area contributed by atoms with E-state index in [0.29, 0.717) is 19.3 Å². The summed E-state index contributed by atoms with van der Waals surface area (Å²) < 4.78 is 5.63. The number of ether oxygens (including phenoxy) is 1. The molecule has 7 nitrogen and oxygen atoms in total. The molecule has 2 aromatic carbocycles. The maximum Gasteiger partial charge on any atom is 0.407 e. The van der Waals surface area contributed by atoms with Gasteiger partial charge in [0.05, 0.1) is 0 Å². The van der Waals surface area contributed by atoms with Gasteiger partial charge in [0.1, 0.15) is 12.6 Å². The van der Waals surface area contributed by atoms with Gasteiger partial charge in [0, 0.05) is 18.4 Å². The first-order valence-electron chi connectivity index (χ1n) is 12.2. The third kappa shape index (κ3) is 5.91. The first-order chi connectivity index (χ1) is 17.0. The Labute approximate surface area is 205 Å². The molecular formula is C28H32N2O5. The van der Waals surface area contributed by atoms with E-state index in [-0.39, 0.29) is 36.8 Å². The van der Waals surface area contributed by atoms with Crippen molar-refractivity contribution in [1.29, 1.82) is 0 Å². The molecule has 2 aliphatic carbocycles. The summed E-state index contributed by atoms with van der Waals surface area (Å²) >= 11 is 0. The van der Waals surface area contributed by atoms with E-state index in [1.165, 1.54) is 22.3 Å². The molecule has 2 amide bonds. The van der Waals surface area contributed by atoms with Crippen LogP contribution >= 0.6 is 0 Å². The Balaban J connectivity index is 1.24. The summed E-state index contributed by atoms with van der Waals surface area (Å²) in [5, 5.41) is 14.8. The summed E-state index contributed by atoms with van der Waals surface area (Å²) in [5.41, 5.74) is 4.70. The molecule has 0 saturated heterocycles. The molecule has 0 radical (unpaired) electrons. The van der Waals surface area contributed by atoms with Crippen molar-refractivity contribution in [1.82, 2.24) is 10.6 Å². The molecule has 184 valence electrons. The molecule has 0 heterocycles. The number of amides is 2. The molecule has 0 aromatic heterocycles. The van der Waals surface area contributed by atoms with Gasteiger partial charge >= 0.3 is 12.1 Å². The lowest BCUT2D eigenvalue weighted by molar-refractivity contribution is -0.142. The van der Waals surface area contributed by atoms with Crippen molar-refractivity contribution in [2.24, 2.45) is 5.92 Å². The number of fused-ring (bicyclic) bond motifs is 3. The highest BCUT2D eigenvalue weighted by Gasteiger charge is 2.31. The first-order valence-corrected chi connectivity index (χ1v) is 12.2. The highest BCUT2D eigenvalue weighted by Crippen LogP contribution is 2.44. The number of carbonyl (C=O) groups is 3. The number of carboxylic acid groups (broad SMARTS) is 1. The number of nitrogens with one attached hydrogen (secondary N) is 2. The van der Waals surface area contributed by atoms with Gasteiger partial charge in [-0.15, -0.1) is 6.58 Å². The van der Waals surface area contributed by atoms with Crippen molar-refractivity contribution in [3.05, 3.63) is 72.3 Å². The van der Waals surface area contributed by atoms with Gasteiger partial charge in [-0.1, -0.05) is 54.6 Å². The van der Waals surface area contributed by atoms with E-state index in [4.69, 9.17) is 4.74 Å². The van der Waals surface area contributed by atoms with Gasteiger partial charge < -0.3 is 20.5 Å². The van der Waals surface area contributed by atoms with Gasteiger partial charge in [0.15, 0.2) is 0 Å². The Morgan fingerprint density at radius 2 is 1.71 bits per heavy atom. The molecule has 1 saturated carbocycles. The summed E-state index contributed by atoms with van der Waals surface area (Å²) in [7, 11) is 0. The molecule has 1 unspecified atom stereocenters. The van der Waals surface area contributed by atoms with Crippen LogP contribution in [0.1, 0.15) is 55.6 Å². The van der Waals surface area contributed by atoms with Crippen LogP contribution in [0.25, 0.3) is 11.1 Å². The number of benzene rings is 2. The fourth-order valence-corrected chi connectivity index (χ4v) is 5.26. The zero-order valence-corrected chi connectivity index (χ0v) is 19.7. The van der Waals surface area contributed by atoms with E-state index >= 15 is 0 Å². The van der Waals surface area contributed by atoms with Gasteiger partial charge in [-0.2, -0.15) is 0 Å². The van der Waals surface area contributed by atoms with Crippen molar-refractivity contribution in [3.8, 4) is 11.1 Å². The normalized spacial score (nSPS) is 19.3. The molecule has 2 aliphatic rings. The van der Waals surface area contributed by atoms with Gasteiger partial charge in [0.2, 0.25) is 5.91 Å². The topological polar surface area (TPSA) is 105 Å². The van der Waals surface area contributed by atoms with Gasteiger partial charge in [-0.3, -0.25) is 4.79 Å². The summed E-state index contributed by atoms with van der Waals surface area (Å²) in [6, 6.07) is 15.4. The zero-order chi connectivity index (χ0) is 24.8. The quantitative estimate of drug-likeness (QED) is 0.434. The Bertz CT molecular complexity index is 1050. The van der Waals surface area contributed by atoms with E-state index in [1.807, 2.05) is 24.3 Å². The van der Waals surface area contributed by atoms with Crippen molar-refractivity contribution >= 4 is 18.0 Å². The van der Waals surface area contributed by atoms with Gasteiger partial charge in [0.25, 0.3) is 0 Å². The zero-order valence-electron chi connectivity index (χ0n) is 19.7. The Hall–Kier alpha value is -3.61. The SMILES string of the molecule is C=CCCC(NC(=O)C[C@H]1CC[C@@H](NC(=O)OCC2c3ccccc3-c3ccccc32)C1)C(=O)O. The lowest BCUT2D eigenvalue weighted by atomic mass is 9.98. The molecule has 1 fully saturated rings. The third-order valence-corrected chi connectivity index (χ3v) is 6.97. The maximum absolute atomic E-state index is 12.5. The molecule has 0 aliphatic heterocycles. The highest BCUT2D eigenvalue weighted by molar-refractivity contribution is 5.83. The molecule has 7 heteroatoms. The average molecular weight is 477 g/mol. The summed E-state index contributed by atoms with van der Waals surface area (Å²) in [5.74, 6) is -1.20. The van der Waals surface area contributed by atoms with Gasteiger partial charge in [-0.05, 0) is 60.3 Å². The van der Waals surface area contributed by atoms with E-state index in [0.717, 1.165) is 12.8 Å². The molecule has 35 heavy (non-hydrogen) atoms. The van der Waals surface area contributed by atoms with Crippen molar-refractivity contribution < 1.29 is 24.2 Å². The fourth-order valence-electron chi connectivity index (χ4n) is 5.26. The van der Waals surface area contributed by atoms with Crippen LogP contribution in [0.15, 0.2) is 61.2 Å². The van der Waals surface area contributed by atoms with E-state index in [9.17, 15) is 19.5 Å². The lowest BCUT2D eigenvalue weighted by Crippen LogP contribution is -2.41. The second kappa shape index (κ2) is 11.2. The van der Waals surface area contributed by atoms with Crippen LogP contribution in [0, 0.1) is 5.92 Å². The number of hydrogen-bond donors (Lipinski definition) is 3. The third-order valence-electron chi connectivity index (χ3n) is 6.97. The van der Waals surface area contributed by atoms with Gasteiger partial charge in [-0.25, -0.2) is 9.59 Å². The molecule has 2 aromatic rings. The van der Waals surface area contributed by atoms with Crippen LogP contribution in [0.2, 0.25) is 0 Å². The minimum Gasteiger partial charge on any atom is -0.480 e. The predicted octanol–water partition coefficient (Wildman–Crippen LogP) is 4.62. The van der Waals surface area contributed by atoms with Crippen LogP contribution in [-0.4, -0.2) is 41.8 Å². The van der Waals surface area contributed by atoms with E-state index < -0.39 is 18.1 Å². The number of alkyl carbamates (subject to hydrolysis) is 1. The number of carboxylic acids is 1. The largest absolute Gasteiger partial charge is 0.480 e. The molecule has 0 spiro atoms. The lowest BCUT2D eigenvalue weighted by Gasteiger charge is -2.17. The Morgan fingerprint density at radius 3 is 2.34 bits per heavy atom. The fraction of sp³-hybridized carbons (Fsp3) is 0.393. The Morgan fingerprint density at radius 1 is 1.06 bits per heavy atom. The average Bonchev–Trinajstić information content (AvgIpc) is 3.41. The summed E-state index contributed by atoms with van der Waals surface area (Å²) in [4.78, 5) is 36.2. The Kier molecular flexibility index (Phi) is 7.85. The maximum atomic E-state index is 12.5. The molecule has 3 N–H and O–H groups in total. The summed E-state index contributed by atoms with van der Waals surface area (Å²) in [6.45, 7) is 3.85. The number of allylic oxidation sites excluding steroid dienone is 1. The van der Waals surface area contributed by atoms with Crippen LogP contribution < -0.4 is 10.6 Å². The van der Waals surface area contributed by atoms with Crippen molar-refractivity contribution in [2.75, 3.05) is 6.61 Å². The molecule has 0 bridgehead atoms. The number of hydrogen-bond acceptors (Lipinski definition) is 4. The summed E-state index contributed by atoms with van der Waals surface area (Å²) in [6.07, 6.45) is 4.51. The van der Waals surface area contributed by atoms with Crippen LogP contribution in [-0.2, 0) is 14.3 Å². The smallest absolute Gasteiger partial charge is 0.407 e. The number of aliphatic carboxylic acids is 1. The van der Waals surface area contributed by atoms with Crippen molar-refractivity contribution in [3.63, 3.8) is 0 Å². The first kappa shape index (κ1) is 24.5. The monoisotopic (exact) mass is 476 g/mol. The molecule has 4 rings (SSSR count). The number of rotatable bonds is 10. The molecule has 3 atom stereocenters. The van der Waals surface area contributed by atoms with Crippen LogP contribution in [0.4, 0.5) is 4.79 Å².